The Morgan fingerprint density at radius 2 is 2.11 bits per heavy atom. The van der Waals surface area contributed by atoms with Gasteiger partial charge in [-0.3, -0.25) is 0 Å². The van der Waals surface area contributed by atoms with Crippen LogP contribution in [0.15, 0.2) is 30.3 Å². The predicted molar refractivity (Wildman–Crippen MR) is 74.2 cm³/mol. The summed E-state index contributed by atoms with van der Waals surface area (Å²) in [5.74, 6) is 0.645. The fraction of sp³-hybridized carbons (Fsp3) is 0.600. The molecule has 3 nitrogen and oxygen atoms in total. The molecule has 1 saturated heterocycles. The van der Waals surface area contributed by atoms with Gasteiger partial charge in [-0.25, -0.2) is 0 Å². The number of likely N-dealkylation sites (tertiary alicyclic amines) is 1. The van der Waals surface area contributed by atoms with Crippen LogP contribution in [0.1, 0.15) is 30.9 Å². The van der Waals surface area contributed by atoms with Crippen LogP contribution in [0, 0.1) is 5.92 Å². The van der Waals surface area contributed by atoms with Gasteiger partial charge in [0.05, 0.1) is 0 Å². The van der Waals surface area contributed by atoms with Crippen LogP contribution in [0.5, 0.6) is 0 Å². The maximum Gasteiger partial charge on any atom is 0.0434 e. The first-order valence-corrected chi connectivity index (χ1v) is 6.93. The summed E-state index contributed by atoms with van der Waals surface area (Å²) in [6, 6.07) is 10.4. The summed E-state index contributed by atoms with van der Waals surface area (Å²) in [5.41, 5.74) is 7.46. The Hall–Kier alpha value is -0.900. The number of benzene rings is 1. The van der Waals surface area contributed by atoms with Gasteiger partial charge in [0.15, 0.2) is 0 Å². The van der Waals surface area contributed by atoms with Gasteiger partial charge in [0.25, 0.3) is 0 Å². The number of nitrogens with two attached hydrogens (primary N) is 1. The molecule has 0 aliphatic carbocycles. The lowest BCUT2D eigenvalue weighted by Gasteiger charge is -2.34. The van der Waals surface area contributed by atoms with Crippen molar-refractivity contribution in [2.45, 2.75) is 25.3 Å². The molecule has 1 aromatic rings. The van der Waals surface area contributed by atoms with Gasteiger partial charge in [-0.2, -0.15) is 0 Å². The number of hydrogen-bond acceptors (Lipinski definition) is 3. The highest BCUT2D eigenvalue weighted by molar-refractivity contribution is 5.18. The third-order valence-electron chi connectivity index (χ3n) is 3.82. The SMILES string of the molecule is NC(CN1CCCC(CCO)C1)c1ccccc1. The molecule has 100 valence electrons. The van der Waals surface area contributed by atoms with E-state index in [1.54, 1.807) is 0 Å². The van der Waals surface area contributed by atoms with Gasteiger partial charge in [0, 0.05) is 25.7 Å². The monoisotopic (exact) mass is 248 g/mol. The van der Waals surface area contributed by atoms with Crippen molar-refractivity contribution in [2.24, 2.45) is 11.7 Å². The zero-order valence-electron chi connectivity index (χ0n) is 11.0. The molecule has 0 aromatic heterocycles. The quantitative estimate of drug-likeness (QED) is 0.835. The summed E-state index contributed by atoms with van der Waals surface area (Å²) in [6.07, 6.45) is 3.40. The van der Waals surface area contributed by atoms with E-state index in [9.17, 15) is 0 Å². The number of aliphatic hydroxyl groups is 1. The van der Waals surface area contributed by atoms with Crippen molar-refractivity contribution in [1.82, 2.24) is 4.90 Å². The first-order valence-electron chi connectivity index (χ1n) is 6.93. The van der Waals surface area contributed by atoms with Crippen LogP contribution in [0.2, 0.25) is 0 Å². The Kier molecular flexibility index (Phi) is 5.17. The molecule has 0 amide bonds. The first-order chi connectivity index (χ1) is 8.79. The minimum atomic E-state index is 0.0964. The minimum Gasteiger partial charge on any atom is -0.396 e. The van der Waals surface area contributed by atoms with Gasteiger partial charge < -0.3 is 15.7 Å². The van der Waals surface area contributed by atoms with Crippen LogP contribution in [0.4, 0.5) is 0 Å². The highest BCUT2D eigenvalue weighted by Crippen LogP contribution is 2.21. The lowest BCUT2D eigenvalue weighted by molar-refractivity contribution is 0.142. The molecule has 1 aromatic carbocycles. The molecule has 0 bridgehead atoms. The van der Waals surface area contributed by atoms with Crippen molar-refractivity contribution < 1.29 is 5.11 Å². The second-order valence-electron chi connectivity index (χ2n) is 5.30. The first kappa shape index (κ1) is 13.5. The molecule has 2 atom stereocenters. The average Bonchev–Trinajstić information content (AvgIpc) is 2.40. The molecule has 0 radical (unpaired) electrons. The molecule has 0 saturated carbocycles. The molecule has 1 fully saturated rings. The molecule has 1 aliphatic rings. The molecule has 1 heterocycles. The normalized spacial score (nSPS) is 22.9. The number of nitrogens with zero attached hydrogens (tertiary/aromatic N) is 1. The Labute approximate surface area is 110 Å². The smallest absolute Gasteiger partial charge is 0.0434 e. The molecule has 3 N–H and O–H groups in total. The number of piperidine rings is 1. The molecule has 0 spiro atoms. The zero-order valence-corrected chi connectivity index (χ0v) is 11.0. The van der Waals surface area contributed by atoms with Crippen molar-refractivity contribution in [1.29, 1.82) is 0 Å². The van der Waals surface area contributed by atoms with E-state index in [0.29, 0.717) is 12.5 Å². The van der Waals surface area contributed by atoms with Gasteiger partial charge in [-0.15, -0.1) is 0 Å². The van der Waals surface area contributed by atoms with Gasteiger partial charge in [-0.05, 0) is 37.3 Å². The highest BCUT2D eigenvalue weighted by atomic mass is 16.3. The van der Waals surface area contributed by atoms with Crippen molar-refractivity contribution in [3.8, 4) is 0 Å². The predicted octanol–water partition coefficient (Wildman–Crippen LogP) is 1.78. The lowest BCUT2D eigenvalue weighted by Crippen LogP contribution is -2.40. The highest BCUT2D eigenvalue weighted by Gasteiger charge is 2.21. The van der Waals surface area contributed by atoms with E-state index in [-0.39, 0.29) is 6.04 Å². The number of aliphatic hydroxyl groups excluding tert-OH is 1. The van der Waals surface area contributed by atoms with Gasteiger partial charge in [-0.1, -0.05) is 30.3 Å². The molecule has 3 heteroatoms. The van der Waals surface area contributed by atoms with E-state index >= 15 is 0 Å². The molecule has 1 aliphatic heterocycles. The molecular weight excluding hydrogens is 224 g/mol. The van der Waals surface area contributed by atoms with Crippen molar-refractivity contribution >= 4 is 0 Å². The van der Waals surface area contributed by atoms with Crippen LogP contribution in [0.3, 0.4) is 0 Å². The van der Waals surface area contributed by atoms with Gasteiger partial charge in [0.1, 0.15) is 0 Å². The van der Waals surface area contributed by atoms with E-state index in [1.807, 2.05) is 18.2 Å². The van der Waals surface area contributed by atoms with E-state index in [0.717, 1.165) is 26.1 Å². The molecular formula is C15H24N2O. The second-order valence-corrected chi connectivity index (χ2v) is 5.30. The maximum absolute atomic E-state index is 9.02. The van der Waals surface area contributed by atoms with Crippen molar-refractivity contribution in [3.63, 3.8) is 0 Å². The summed E-state index contributed by atoms with van der Waals surface area (Å²) in [7, 11) is 0. The minimum absolute atomic E-state index is 0.0964. The van der Waals surface area contributed by atoms with Crippen molar-refractivity contribution in [2.75, 3.05) is 26.2 Å². The van der Waals surface area contributed by atoms with Crippen molar-refractivity contribution in [3.05, 3.63) is 35.9 Å². The molecule has 18 heavy (non-hydrogen) atoms. The second kappa shape index (κ2) is 6.88. The van der Waals surface area contributed by atoms with Gasteiger partial charge >= 0.3 is 0 Å². The van der Waals surface area contributed by atoms with Crippen LogP contribution in [-0.2, 0) is 0 Å². The van der Waals surface area contributed by atoms with Gasteiger partial charge in [0.2, 0.25) is 0 Å². The Bertz CT molecular complexity index is 340. The average molecular weight is 248 g/mol. The molecule has 2 unspecified atom stereocenters. The summed E-state index contributed by atoms with van der Waals surface area (Å²) < 4.78 is 0. The van der Waals surface area contributed by atoms with Crippen LogP contribution < -0.4 is 5.73 Å². The Balaban J connectivity index is 1.85. The van der Waals surface area contributed by atoms with Crippen LogP contribution >= 0.6 is 0 Å². The van der Waals surface area contributed by atoms with E-state index < -0.39 is 0 Å². The largest absolute Gasteiger partial charge is 0.396 e. The fourth-order valence-corrected chi connectivity index (χ4v) is 2.82. The zero-order chi connectivity index (χ0) is 12.8. The third kappa shape index (κ3) is 3.80. The number of hydrogen-bond donors (Lipinski definition) is 2. The maximum atomic E-state index is 9.02. The lowest BCUT2D eigenvalue weighted by atomic mass is 9.94. The topological polar surface area (TPSA) is 49.5 Å². The van der Waals surface area contributed by atoms with Crippen LogP contribution in [0.25, 0.3) is 0 Å². The standard InChI is InChI=1S/C15H24N2O/c16-15(14-6-2-1-3-7-14)12-17-9-4-5-13(11-17)8-10-18/h1-3,6-7,13,15,18H,4-5,8-12,16H2. The van der Waals surface area contributed by atoms with E-state index in [2.05, 4.69) is 17.0 Å². The number of rotatable bonds is 5. The third-order valence-corrected chi connectivity index (χ3v) is 3.82. The summed E-state index contributed by atoms with van der Waals surface area (Å²) in [6.45, 7) is 3.46. The Morgan fingerprint density at radius 3 is 2.83 bits per heavy atom. The van der Waals surface area contributed by atoms with E-state index in [4.69, 9.17) is 10.8 Å². The molecule has 2 rings (SSSR count). The summed E-state index contributed by atoms with van der Waals surface area (Å²) in [5, 5.41) is 9.02. The summed E-state index contributed by atoms with van der Waals surface area (Å²) in [4.78, 5) is 2.45. The summed E-state index contributed by atoms with van der Waals surface area (Å²) >= 11 is 0. The van der Waals surface area contributed by atoms with E-state index in [1.165, 1.54) is 18.4 Å². The Morgan fingerprint density at radius 1 is 1.33 bits per heavy atom. The fourth-order valence-electron chi connectivity index (χ4n) is 2.82. The van der Waals surface area contributed by atoms with Crippen LogP contribution in [-0.4, -0.2) is 36.2 Å².